The van der Waals surface area contributed by atoms with E-state index in [-0.39, 0.29) is 0 Å². The van der Waals surface area contributed by atoms with Gasteiger partial charge in [-0.05, 0) is 30.7 Å². The Kier molecular flexibility index (Phi) is 2.41. The molecular formula is C12H11NOS2. The maximum absolute atomic E-state index is 5.49. The quantitative estimate of drug-likeness (QED) is 0.783. The number of benzene rings is 1. The molecule has 2 aromatic rings. The molecule has 1 aromatic carbocycles. The third-order valence-corrected chi connectivity index (χ3v) is 4.32. The van der Waals surface area contributed by atoms with Gasteiger partial charge in [0.15, 0.2) is 0 Å². The van der Waals surface area contributed by atoms with Crippen molar-refractivity contribution in [3.8, 4) is 16.3 Å². The van der Waals surface area contributed by atoms with Gasteiger partial charge in [0.1, 0.15) is 10.8 Å². The first kappa shape index (κ1) is 10.2. The van der Waals surface area contributed by atoms with Crippen molar-refractivity contribution >= 4 is 24.0 Å². The molecule has 0 radical (unpaired) electrons. The number of rotatable bonds is 1. The van der Waals surface area contributed by atoms with E-state index < -0.39 is 0 Å². The summed E-state index contributed by atoms with van der Waals surface area (Å²) < 4.78 is 6.48. The van der Waals surface area contributed by atoms with Gasteiger partial charge in [-0.15, -0.1) is 24.0 Å². The predicted octanol–water partition coefficient (Wildman–Crippen LogP) is 3.34. The van der Waals surface area contributed by atoms with Gasteiger partial charge >= 0.3 is 0 Å². The van der Waals surface area contributed by atoms with Gasteiger partial charge in [0.05, 0.1) is 16.5 Å². The maximum atomic E-state index is 5.49. The van der Waals surface area contributed by atoms with Crippen molar-refractivity contribution in [2.24, 2.45) is 0 Å². The van der Waals surface area contributed by atoms with E-state index in [2.05, 4.69) is 29.7 Å². The second kappa shape index (κ2) is 3.79. The Bertz CT molecular complexity index is 528. The molecule has 82 valence electrons. The molecule has 2 nitrogen and oxygen atoms in total. The molecule has 0 aliphatic carbocycles. The van der Waals surface area contributed by atoms with Crippen LogP contribution in [0.25, 0.3) is 10.6 Å². The van der Waals surface area contributed by atoms with Gasteiger partial charge in [0, 0.05) is 12.0 Å². The first-order chi connectivity index (χ1) is 7.74. The molecule has 0 unspecified atom stereocenters. The number of ether oxygens (including phenoxy) is 1. The van der Waals surface area contributed by atoms with E-state index in [0.29, 0.717) is 0 Å². The van der Waals surface area contributed by atoms with Crippen LogP contribution < -0.4 is 4.74 Å². The topological polar surface area (TPSA) is 22.1 Å². The maximum Gasteiger partial charge on any atom is 0.124 e. The summed E-state index contributed by atoms with van der Waals surface area (Å²) >= 11 is 6.01. The molecule has 0 saturated carbocycles. The number of fused-ring (bicyclic) bond motifs is 1. The van der Waals surface area contributed by atoms with Crippen LogP contribution in [0, 0.1) is 6.92 Å². The third kappa shape index (κ3) is 1.62. The fraction of sp³-hybridized carbons (Fsp3) is 0.250. The zero-order valence-corrected chi connectivity index (χ0v) is 10.6. The number of aromatic nitrogens is 1. The first-order valence-corrected chi connectivity index (χ1v) is 6.43. The third-order valence-electron chi connectivity index (χ3n) is 2.71. The molecule has 0 N–H and O–H groups in total. The second-order valence-corrected chi connectivity index (χ2v) is 5.58. The molecule has 0 amide bonds. The van der Waals surface area contributed by atoms with Gasteiger partial charge in [0.2, 0.25) is 0 Å². The lowest BCUT2D eigenvalue weighted by Crippen LogP contribution is -1.85. The molecule has 0 bridgehead atoms. The smallest absolute Gasteiger partial charge is 0.124 e. The highest BCUT2D eigenvalue weighted by atomic mass is 32.2. The number of hydrogen-bond donors (Lipinski definition) is 1. The minimum atomic E-state index is 0.799. The molecule has 1 aliphatic rings. The first-order valence-electron chi connectivity index (χ1n) is 5.16. The van der Waals surface area contributed by atoms with Crippen molar-refractivity contribution in [2.45, 2.75) is 17.6 Å². The fourth-order valence-electron chi connectivity index (χ4n) is 1.83. The van der Waals surface area contributed by atoms with Crippen LogP contribution in [-0.2, 0) is 6.42 Å². The van der Waals surface area contributed by atoms with E-state index in [0.717, 1.165) is 39.3 Å². The monoisotopic (exact) mass is 249 g/mol. The molecule has 2 heterocycles. The largest absolute Gasteiger partial charge is 0.493 e. The molecule has 0 spiro atoms. The van der Waals surface area contributed by atoms with Gasteiger partial charge in [-0.25, -0.2) is 4.98 Å². The van der Waals surface area contributed by atoms with Crippen LogP contribution >= 0.6 is 24.0 Å². The summed E-state index contributed by atoms with van der Waals surface area (Å²) in [5.74, 6) is 1.02. The van der Waals surface area contributed by atoms with E-state index >= 15 is 0 Å². The van der Waals surface area contributed by atoms with Gasteiger partial charge in [-0.3, -0.25) is 0 Å². The SMILES string of the molecule is Cc1nc(-c2ccc3c(c2)CCO3)sc1S. The average molecular weight is 249 g/mol. The van der Waals surface area contributed by atoms with Crippen LogP contribution in [0.15, 0.2) is 22.4 Å². The molecule has 1 aromatic heterocycles. The standard InChI is InChI=1S/C12H11NOS2/c1-7-12(15)16-11(13-7)9-2-3-10-8(6-9)4-5-14-10/h2-3,6,15H,4-5H2,1H3. The summed E-state index contributed by atoms with van der Waals surface area (Å²) in [4.78, 5) is 4.51. The van der Waals surface area contributed by atoms with E-state index in [1.807, 2.05) is 13.0 Å². The molecule has 0 atom stereocenters. The lowest BCUT2D eigenvalue weighted by molar-refractivity contribution is 0.357. The summed E-state index contributed by atoms with van der Waals surface area (Å²) in [6.07, 6.45) is 1.00. The van der Waals surface area contributed by atoms with E-state index in [1.165, 1.54) is 5.56 Å². The number of thiol groups is 1. The van der Waals surface area contributed by atoms with Gasteiger partial charge in [-0.2, -0.15) is 0 Å². The summed E-state index contributed by atoms with van der Waals surface area (Å²) in [6, 6.07) is 6.27. The van der Waals surface area contributed by atoms with Crippen LogP contribution in [0.3, 0.4) is 0 Å². The molecule has 16 heavy (non-hydrogen) atoms. The number of aryl methyl sites for hydroxylation is 1. The van der Waals surface area contributed by atoms with Gasteiger partial charge < -0.3 is 4.74 Å². The molecule has 0 saturated heterocycles. The summed E-state index contributed by atoms with van der Waals surface area (Å²) in [6.45, 7) is 2.78. The summed E-state index contributed by atoms with van der Waals surface area (Å²) in [5, 5.41) is 1.04. The van der Waals surface area contributed by atoms with Crippen LogP contribution in [0.2, 0.25) is 0 Å². The zero-order chi connectivity index (χ0) is 11.1. The molecular weight excluding hydrogens is 238 g/mol. The Morgan fingerprint density at radius 2 is 2.31 bits per heavy atom. The lowest BCUT2D eigenvalue weighted by atomic mass is 10.1. The van der Waals surface area contributed by atoms with Gasteiger partial charge in [-0.1, -0.05) is 0 Å². The van der Waals surface area contributed by atoms with Crippen molar-refractivity contribution in [1.29, 1.82) is 0 Å². The van der Waals surface area contributed by atoms with Crippen molar-refractivity contribution in [2.75, 3.05) is 6.61 Å². The van der Waals surface area contributed by atoms with E-state index in [1.54, 1.807) is 11.3 Å². The Morgan fingerprint density at radius 1 is 1.44 bits per heavy atom. The Hall–Kier alpha value is -1.00. The Labute approximate surface area is 104 Å². The molecule has 1 aliphatic heterocycles. The van der Waals surface area contributed by atoms with Crippen molar-refractivity contribution in [3.63, 3.8) is 0 Å². The second-order valence-electron chi connectivity index (χ2n) is 3.83. The number of hydrogen-bond acceptors (Lipinski definition) is 4. The van der Waals surface area contributed by atoms with Crippen molar-refractivity contribution < 1.29 is 4.74 Å². The van der Waals surface area contributed by atoms with Crippen molar-refractivity contribution in [1.82, 2.24) is 4.98 Å². The summed E-state index contributed by atoms with van der Waals surface area (Å²) in [5.41, 5.74) is 3.45. The summed E-state index contributed by atoms with van der Waals surface area (Å²) in [7, 11) is 0. The molecule has 4 heteroatoms. The normalized spacial score (nSPS) is 13.6. The Morgan fingerprint density at radius 3 is 3.06 bits per heavy atom. The Balaban J connectivity index is 2.07. The van der Waals surface area contributed by atoms with Crippen LogP contribution in [0.5, 0.6) is 5.75 Å². The highest BCUT2D eigenvalue weighted by Gasteiger charge is 2.14. The molecule has 0 fully saturated rings. The predicted molar refractivity (Wildman–Crippen MR) is 68.7 cm³/mol. The van der Waals surface area contributed by atoms with Gasteiger partial charge in [0.25, 0.3) is 0 Å². The number of thiazole rings is 1. The van der Waals surface area contributed by atoms with E-state index in [9.17, 15) is 0 Å². The minimum absolute atomic E-state index is 0.799. The highest BCUT2D eigenvalue weighted by molar-refractivity contribution is 7.83. The highest BCUT2D eigenvalue weighted by Crippen LogP contribution is 2.34. The number of nitrogens with zero attached hydrogens (tertiary/aromatic N) is 1. The fourth-order valence-corrected chi connectivity index (χ4v) is 2.94. The average Bonchev–Trinajstić information content (AvgIpc) is 2.85. The van der Waals surface area contributed by atoms with Crippen LogP contribution in [0.1, 0.15) is 11.3 Å². The van der Waals surface area contributed by atoms with E-state index in [4.69, 9.17) is 4.74 Å². The van der Waals surface area contributed by atoms with Crippen molar-refractivity contribution in [3.05, 3.63) is 29.5 Å². The van der Waals surface area contributed by atoms with Crippen LogP contribution in [0.4, 0.5) is 0 Å². The van der Waals surface area contributed by atoms with Crippen LogP contribution in [-0.4, -0.2) is 11.6 Å². The minimum Gasteiger partial charge on any atom is -0.493 e. The lowest BCUT2D eigenvalue weighted by Gasteiger charge is -2.00. The zero-order valence-electron chi connectivity index (χ0n) is 8.86. The molecule has 3 rings (SSSR count).